The molecule has 0 aromatic rings. The second kappa shape index (κ2) is 7.49. The highest BCUT2D eigenvalue weighted by Gasteiger charge is 2.18. The molecular formula is C8H20N2O2. The van der Waals surface area contributed by atoms with Crippen molar-refractivity contribution in [2.75, 3.05) is 20.3 Å². The Kier molecular flexibility index (Phi) is 7.39. The van der Waals surface area contributed by atoms with E-state index < -0.39 is 0 Å². The second-order valence-electron chi connectivity index (χ2n) is 2.63. The van der Waals surface area contributed by atoms with Gasteiger partial charge in [-0.3, -0.25) is 11.3 Å². The fourth-order valence-electron chi connectivity index (χ4n) is 1.17. The van der Waals surface area contributed by atoms with Crippen LogP contribution < -0.4 is 11.3 Å². The van der Waals surface area contributed by atoms with Gasteiger partial charge in [-0.1, -0.05) is 6.92 Å². The van der Waals surface area contributed by atoms with Crippen molar-refractivity contribution in [1.29, 1.82) is 0 Å². The van der Waals surface area contributed by atoms with Gasteiger partial charge in [0.1, 0.15) is 0 Å². The van der Waals surface area contributed by atoms with E-state index in [1.54, 1.807) is 7.11 Å². The number of nitrogens with two attached hydrogens (primary N) is 1. The molecule has 2 unspecified atom stereocenters. The van der Waals surface area contributed by atoms with Gasteiger partial charge in [0, 0.05) is 13.7 Å². The van der Waals surface area contributed by atoms with E-state index in [0.717, 1.165) is 6.42 Å². The Morgan fingerprint density at radius 3 is 2.42 bits per heavy atom. The van der Waals surface area contributed by atoms with Crippen LogP contribution in [0, 0.1) is 0 Å². The fraction of sp³-hybridized carbons (Fsp3) is 1.00. The summed E-state index contributed by atoms with van der Waals surface area (Å²) in [5.74, 6) is 5.36. The number of nitrogens with one attached hydrogen (secondary N) is 1. The minimum atomic E-state index is 0.0833. The number of rotatable bonds is 7. The minimum Gasteiger partial charge on any atom is -0.383 e. The first-order valence-electron chi connectivity index (χ1n) is 4.36. The van der Waals surface area contributed by atoms with E-state index in [-0.39, 0.29) is 12.1 Å². The monoisotopic (exact) mass is 176 g/mol. The van der Waals surface area contributed by atoms with Crippen molar-refractivity contribution >= 4 is 0 Å². The van der Waals surface area contributed by atoms with Crippen molar-refractivity contribution in [3.8, 4) is 0 Å². The summed E-state index contributed by atoms with van der Waals surface area (Å²) in [7, 11) is 1.66. The average molecular weight is 176 g/mol. The highest BCUT2D eigenvalue weighted by atomic mass is 16.5. The quantitative estimate of drug-likeness (QED) is 0.432. The summed E-state index contributed by atoms with van der Waals surface area (Å²) in [6.45, 7) is 5.33. The first kappa shape index (κ1) is 11.8. The van der Waals surface area contributed by atoms with Crippen molar-refractivity contribution in [2.24, 2.45) is 5.84 Å². The standard InChI is InChI=1S/C8H20N2O2/c1-4-8(12-5-2)7(10-9)6-11-3/h7-8,10H,4-6,9H2,1-3H3. The van der Waals surface area contributed by atoms with Crippen LogP contribution in [0.15, 0.2) is 0 Å². The third-order valence-corrected chi connectivity index (χ3v) is 1.79. The van der Waals surface area contributed by atoms with Crippen LogP contribution in [0.5, 0.6) is 0 Å². The number of ether oxygens (including phenoxy) is 2. The highest BCUT2D eigenvalue weighted by Crippen LogP contribution is 2.03. The molecule has 0 aromatic carbocycles. The SMILES string of the molecule is CCOC(CC)C(COC)NN. The zero-order chi connectivity index (χ0) is 9.40. The molecule has 0 aliphatic heterocycles. The zero-order valence-electron chi connectivity index (χ0n) is 8.17. The summed E-state index contributed by atoms with van der Waals surface area (Å²) >= 11 is 0. The second-order valence-corrected chi connectivity index (χ2v) is 2.63. The molecule has 74 valence electrons. The van der Waals surface area contributed by atoms with E-state index in [1.165, 1.54) is 0 Å². The van der Waals surface area contributed by atoms with Gasteiger partial charge in [0.25, 0.3) is 0 Å². The molecule has 0 aliphatic carbocycles. The topological polar surface area (TPSA) is 56.5 Å². The molecule has 12 heavy (non-hydrogen) atoms. The molecule has 0 spiro atoms. The predicted molar refractivity (Wildman–Crippen MR) is 48.7 cm³/mol. The predicted octanol–water partition coefficient (Wildman–Crippen LogP) is 0.280. The summed E-state index contributed by atoms with van der Waals surface area (Å²) in [4.78, 5) is 0. The van der Waals surface area contributed by atoms with Gasteiger partial charge >= 0.3 is 0 Å². The minimum absolute atomic E-state index is 0.0833. The molecule has 0 saturated carbocycles. The molecule has 0 aliphatic rings. The molecular weight excluding hydrogens is 156 g/mol. The van der Waals surface area contributed by atoms with Gasteiger partial charge in [-0.25, -0.2) is 0 Å². The first-order valence-corrected chi connectivity index (χ1v) is 4.36. The van der Waals surface area contributed by atoms with Crippen LogP contribution in [0.25, 0.3) is 0 Å². The average Bonchev–Trinajstić information content (AvgIpc) is 2.11. The van der Waals surface area contributed by atoms with E-state index >= 15 is 0 Å². The lowest BCUT2D eigenvalue weighted by Gasteiger charge is -2.24. The molecule has 2 atom stereocenters. The smallest absolute Gasteiger partial charge is 0.0761 e. The Morgan fingerprint density at radius 1 is 1.42 bits per heavy atom. The van der Waals surface area contributed by atoms with Gasteiger partial charge in [0.05, 0.1) is 18.8 Å². The van der Waals surface area contributed by atoms with Crippen LogP contribution in [0.2, 0.25) is 0 Å². The van der Waals surface area contributed by atoms with Gasteiger partial charge in [0.2, 0.25) is 0 Å². The van der Waals surface area contributed by atoms with Gasteiger partial charge in [-0.15, -0.1) is 0 Å². The molecule has 0 aromatic heterocycles. The Labute approximate surface area is 74.4 Å². The van der Waals surface area contributed by atoms with Crippen LogP contribution in [0.4, 0.5) is 0 Å². The van der Waals surface area contributed by atoms with Gasteiger partial charge in [-0.2, -0.15) is 0 Å². The summed E-state index contributed by atoms with van der Waals surface area (Å²) in [5.41, 5.74) is 2.69. The normalized spacial score (nSPS) is 16.0. The maximum absolute atomic E-state index is 5.47. The number of hydrazine groups is 1. The van der Waals surface area contributed by atoms with Crippen molar-refractivity contribution in [3.05, 3.63) is 0 Å². The molecule has 4 nitrogen and oxygen atoms in total. The Morgan fingerprint density at radius 2 is 2.08 bits per heavy atom. The van der Waals surface area contributed by atoms with Crippen LogP contribution in [-0.4, -0.2) is 32.5 Å². The third-order valence-electron chi connectivity index (χ3n) is 1.79. The van der Waals surface area contributed by atoms with Crippen LogP contribution in [0.3, 0.4) is 0 Å². The maximum Gasteiger partial charge on any atom is 0.0761 e. The largest absolute Gasteiger partial charge is 0.383 e. The molecule has 0 fully saturated rings. The van der Waals surface area contributed by atoms with Crippen molar-refractivity contribution < 1.29 is 9.47 Å². The Balaban J connectivity index is 3.84. The van der Waals surface area contributed by atoms with Crippen LogP contribution in [-0.2, 0) is 9.47 Å². The van der Waals surface area contributed by atoms with Crippen molar-refractivity contribution in [3.63, 3.8) is 0 Å². The van der Waals surface area contributed by atoms with E-state index in [4.69, 9.17) is 15.3 Å². The lowest BCUT2D eigenvalue weighted by molar-refractivity contribution is 0.00761. The highest BCUT2D eigenvalue weighted by molar-refractivity contribution is 4.73. The van der Waals surface area contributed by atoms with E-state index in [0.29, 0.717) is 13.2 Å². The van der Waals surface area contributed by atoms with Crippen molar-refractivity contribution in [2.45, 2.75) is 32.4 Å². The fourth-order valence-corrected chi connectivity index (χ4v) is 1.17. The number of methoxy groups -OCH3 is 1. The molecule has 0 saturated heterocycles. The molecule has 0 radical (unpaired) electrons. The summed E-state index contributed by atoms with van der Waals surface area (Å²) in [5, 5.41) is 0. The van der Waals surface area contributed by atoms with Crippen LogP contribution >= 0.6 is 0 Å². The molecule has 3 N–H and O–H groups in total. The Hall–Kier alpha value is -0.160. The summed E-state index contributed by atoms with van der Waals surface area (Å²) in [6, 6.07) is 0.0833. The third kappa shape index (κ3) is 4.01. The molecule has 0 heterocycles. The lowest BCUT2D eigenvalue weighted by Crippen LogP contribution is -2.47. The van der Waals surface area contributed by atoms with Gasteiger partial charge < -0.3 is 9.47 Å². The lowest BCUT2D eigenvalue weighted by atomic mass is 10.1. The van der Waals surface area contributed by atoms with Gasteiger partial charge in [0.15, 0.2) is 0 Å². The molecule has 4 heteroatoms. The molecule has 0 rings (SSSR count). The molecule has 0 amide bonds. The first-order chi connectivity index (χ1) is 5.79. The van der Waals surface area contributed by atoms with Crippen molar-refractivity contribution in [1.82, 2.24) is 5.43 Å². The summed E-state index contributed by atoms with van der Waals surface area (Å²) in [6.07, 6.45) is 1.08. The van der Waals surface area contributed by atoms with E-state index in [1.807, 2.05) is 6.92 Å². The van der Waals surface area contributed by atoms with Gasteiger partial charge in [-0.05, 0) is 13.3 Å². The number of hydrogen-bond donors (Lipinski definition) is 2. The van der Waals surface area contributed by atoms with Crippen LogP contribution in [0.1, 0.15) is 20.3 Å². The van der Waals surface area contributed by atoms with E-state index in [9.17, 15) is 0 Å². The number of hydrogen-bond acceptors (Lipinski definition) is 4. The zero-order valence-corrected chi connectivity index (χ0v) is 8.17. The Bertz CT molecular complexity index is 89.1. The molecule has 0 bridgehead atoms. The maximum atomic E-state index is 5.47. The van der Waals surface area contributed by atoms with E-state index in [2.05, 4.69) is 12.3 Å². The summed E-state index contributed by atoms with van der Waals surface area (Å²) < 4.78 is 10.5.